The molecule has 2 aliphatic heterocycles. The molecule has 0 aliphatic carbocycles. The SMILES string of the molecule is CC(C)(C)C12CCCCN1CCNC2. The Morgan fingerprint density at radius 3 is 2.57 bits per heavy atom. The van der Waals surface area contributed by atoms with Gasteiger partial charge in [0, 0.05) is 25.2 Å². The second-order valence-corrected chi connectivity index (χ2v) is 5.90. The van der Waals surface area contributed by atoms with Gasteiger partial charge in [0.25, 0.3) is 0 Å². The van der Waals surface area contributed by atoms with E-state index in [1.165, 1.54) is 45.4 Å². The first-order valence-electron chi connectivity index (χ1n) is 6.02. The Balaban J connectivity index is 2.25. The van der Waals surface area contributed by atoms with E-state index < -0.39 is 0 Å². The maximum Gasteiger partial charge on any atom is 0.0382 e. The highest BCUT2D eigenvalue weighted by Gasteiger charge is 2.48. The zero-order chi connectivity index (χ0) is 10.2. The summed E-state index contributed by atoms with van der Waals surface area (Å²) in [6.07, 6.45) is 4.19. The molecule has 2 rings (SSSR count). The lowest BCUT2D eigenvalue weighted by Crippen LogP contribution is -2.68. The minimum Gasteiger partial charge on any atom is -0.314 e. The molecule has 0 spiro atoms. The molecule has 0 aromatic rings. The molecule has 2 nitrogen and oxygen atoms in total. The van der Waals surface area contributed by atoms with E-state index in [9.17, 15) is 0 Å². The summed E-state index contributed by atoms with van der Waals surface area (Å²) in [5, 5.41) is 3.59. The molecule has 82 valence electrons. The van der Waals surface area contributed by atoms with E-state index in [1.807, 2.05) is 0 Å². The Bertz CT molecular complexity index is 193. The lowest BCUT2D eigenvalue weighted by Gasteiger charge is -2.57. The predicted molar refractivity (Wildman–Crippen MR) is 60.5 cm³/mol. The molecular weight excluding hydrogens is 172 g/mol. The summed E-state index contributed by atoms with van der Waals surface area (Å²) >= 11 is 0. The van der Waals surface area contributed by atoms with Gasteiger partial charge in [0.2, 0.25) is 0 Å². The second-order valence-electron chi connectivity index (χ2n) is 5.90. The van der Waals surface area contributed by atoms with E-state index in [-0.39, 0.29) is 0 Å². The monoisotopic (exact) mass is 196 g/mol. The summed E-state index contributed by atoms with van der Waals surface area (Å²) in [5.74, 6) is 0. The molecule has 1 unspecified atom stereocenters. The standard InChI is InChI=1S/C12H24N2/c1-11(2,3)12-6-4-5-8-14(12)9-7-13-10-12/h13H,4-10H2,1-3H3. The highest BCUT2D eigenvalue weighted by Crippen LogP contribution is 2.42. The number of fused-ring (bicyclic) bond motifs is 1. The van der Waals surface area contributed by atoms with Crippen molar-refractivity contribution in [3.63, 3.8) is 0 Å². The van der Waals surface area contributed by atoms with Gasteiger partial charge >= 0.3 is 0 Å². The van der Waals surface area contributed by atoms with Crippen LogP contribution in [-0.2, 0) is 0 Å². The quantitative estimate of drug-likeness (QED) is 0.636. The molecule has 1 atom stereocenters. The molecule has 0 saturated carbocycles. The number of nitrogens with one attached hydrogen (secondary N) is 1. The molecule has 14 heavy (non-hydrogen) atoms. The van der Waals surface area contributed by atoms with Crippen LogP contribution in [0.15, 0.2) is 0 Å². The minimum absolute atomic E-state index is 0.404. The molecule has 0 radical (unpaired) electrons. The Hall–Kier alpha value is -0.0800. The average molecular weight is 196 g/mol. The van der Waals surface area contributed by atoms with Crippen molar-refractivity contribution in [1.82, 2.24) is 10.2 Å². The van der Waals surface area contributed by atoms with E-state index in [1.54, 1.807) is 0 Å². The summed E-state index contributed by atoms with van der Waals surface area (Å²) < 4.78 is 0. The van der Waals surface area contributed by atoms with Crippen molar-refractivity contribution in [2.45, 2.75) is 45.6 Å². The third-order valence-electron chi connectivity index (χ3n) is 4.25. The molecule has 0 aromatic carbocycles. The van der Waals surface area contributed by atoms with Crippen LogP contribution in [0.2, 0.25) is 0 Å². The third-order valence-corrected chi connectivity index (χ3v) is 4.25. The Morgan fingerprint density at radius 1 is 1.14 bits per heavy atom. The van der Waals surface area contributed by atoms with Crippen molar-refractivity contribution in [3.05, 3.63) is 0 Å². The van der Waals surface area contributed by atoms with Crippen LogP contribution >= 0.6 is 0 Å². The van der Waals surface area contributed by atoms with Crippen LogP contribution < -0.4 is 5.32 Å². The summed E-state index contributed by atoms with van der Waals surface area (Å²) in [6.45, 7) is 12.1. The first-order chi connectivity index (χ1) is 6.56. The fourth-order valence-corrected chi connectivity index (χ4v) is 3.24. The number of piperazine rings is 1. The van der Waals surface area contributed by atoms with Crippen molar-refractivity contribution >= 4 is 0 Å². The van der Waals surface area contributed by atoms with Gasteiger partial charge in [-0.25, -0.2) is 0 Å². The fraction of sp³-hybridized carbons (Fsp3) is 1.00. The van der Waals surface area contributed by atoms with Gasteiger partial charge in [-0.05, 0) is 24.8 Å². The first kappa shape index (κ1) is 10.4. The van der Waals surface area contributed by atoms with Gasteiger partial charge in [-0.2, -0.15) is 0 Å². The molecule has 1 N–H and O–H groups in total. The Morgan fingerprint density at radius 2 is 1.93 bits per heavy atom. The van der Waals surface area contributed by atoms with Gasteiger partial charge in [0.15, 0.2) is 0 Å². The normalized spacial score (nSPS) is 35.4. The van der Waals surface area contributed by atoms with Crippen molar-refractivity contribution in [1.29, 1.82) is 0 Å². The molecule has 2 fully saturated rings. The van der Waals surface area contributed by atoms with Crippen LogP contribution in [0.5, 0.6) is 0 Å². The molecule has 0 amide bonds. The van der Waals surface area contributed by atoms with Crippen molar-refractivity contribution in [2.75, 3.05) is 26.2 Å². The lowest BCUT2D eigenvalue weighted by molar-refractivity contribution is -0.0535. The molecule has 0 bridgehead atoms. The molecular formula is C12H24N2. The molecule has 2 aliphatic rings. The summed E-state index contributed by atoms with van der Waals surface area (Å²) in [7, 11) is 0. The first-order valence-corrected chi connectivity index (χ1v) is 6.02. The molecule has 2 heteroatoms. The number of nitrogens with zero attached hydrogens (tertiary/aromatic N) is 1. The number of piperidine rings is 1. The van der Waals surface area contributed by atoms with Crippen molar-refractivity contribution in [2.24, 2.45) is 5.41 Å². The molecule has 2 saturated heterocycles. The Kier molecular flexibility index (Phi) is 2.61. The van der Waals surface area contributed by atoms with Crippen LogP contribution in [0.4, 0.5) is 0 Å². The zero-order valence-electron chi connectivity index (χ0n) is 9.90. The van der Waals surface area contributed by atoms with Crippen LogP contribution in [0.3, 0.4) is 0 Å². The molecule has 2 heterocycles. The van der Waals surface area contributed by atoms with Gasteiger partial charge in [-0.1, -0.05) is 27.2 Å². The number of hydrogen-bond donors (Lipinski definition) is 1. The Labute approximate surface area is 88.1 Å². The van der Waals surface area contributed by atoms with Crippen molar-refractivity contribution < 1.29 is 0 Å². The average Bonchev–Trinajstić information content (AvgIpc) is 2.16. The zero-order valence-corrected chi connectivity index (χ0v) is 9.90. The van der Waals surface area contributed by atoms with Gasteiger partial charge in [-0.3, -0.25) is 4.90 Å². The lowest BCUT2D eigenvalue weighted by atomic mass is 9.67. The summed E-state index contributed by atoms with van der Waals surface area (Å²) in [4.78, 5) is 2.74. The number of rotatable bonds is 0. The number of hydrogen-bond acceptors (Lipinski definition) is 2. The van der Waals surface area contributed by atoms with Crippen LogP contribution in [0, 0.1) is 5.41 Å². The highest BCUT2D eigenvalue weighted by molar-refractivity contribution is 5.05. The van der Waals surface area contributed by atoms with E-state index in [4.69, 9.17) is 0 Å². The van der Waals surface area contributed by atoms with Gasteiger partial charge in [0.05, 0.1) is 0 Å². The summed E-state index contributed by atoms with van der Waals surface area (Å²) in [6, 6.07) is 0. The largest absolute Gasteiger partial charge is 0.314 e. The second kappa shape index (κ2) is 3.49. The van der Waals surface area contributed by atoms with E-state index >= 15 is 0 Å². The smallest absolute Gasteiger partial charge is 0.0382 e. The van der Waals surface area contributed by atoms with Crippen LogP contribution in [-0.4, -0.2) is 36.6 Å². The van der Waals surface area contributed by atoms with Gasteiger partial charge in [0.1, 0.15) is 0 Å². The predicted octanol–water partition coefficient (Wildman–Crippen LogP) is 1.86. The van der Waals surface area contributed by atoms with E-state index in [0.29, 0.717) is 11.0 Å². The highest BCUT2D eigenvalue weighted by atomic mass is 15.3. The maximum atomic E-state index is 3.59. The van der Waals surface area contributed by atoms with Crippen molar-refractivity contribution in [3.8, 4) is 0 Å². The summed E-state index contributed by atoms with van der Waals surface area (Å²) in [5.41, 5.74) is 0.838. The topological polar surface area (TPSA) is 15.3 Å². The van der Waals surface area contributed by atoms with Gasteiger partial charge in [-0.15, -0.1) is 0 Å². The van der Waals surface area contributed by atoms with E-state index in [2.05, 4.69) is 31.0 Å². The van der Waals surface area contributed by atoms with Gasteiger partial charge < -0.3 is 5.32 Å². The van der Waals surface area contributed by atoms with Crippen LogP contribution in [0.1, 0.15) is 40.0 Å². The van der Waals surface area contributed by atoms with E-state index in [0.717, 1.165) is 0 Å². The molecule has 0 aromatic heterocycles. The fourth-order valence-electron chi connectivity index (χ4n) is 3.24. The van der Waals surface area contributed by atoms with Crippen LogP contribution in [0.25, 0.3) is 0 Å². The minimum atomic E-state index is 0.404. The maximum absolute atomic E-state index is 3.59. The third kappa shape index (κ3) is 1.49.